The zero-order valence-electron chi connectivity index (χ0n) is 26.1. The molecule has 0 saturated carbocycles. The third kappa shape index (κ3) is 4.51. The number of rotatable bonds is 7. The van der Waals surface area contributed by atoms with Gasteiger partial charge < -0.3 is 25.7 Å². The van der Waals surface area contributed by atoms with Crippen molar-refractivity contribution in [2.45, 2.75) is 0 Å². The Bertz CT molecular complexity index is 2190. The van der Waals surface area contributed by atoms with Gasteiger partial charge >= 0.3 is 0 Å². The summed E-state index contributed by atoms with van der Waals surface area (Å²) in [5.41, 5.74) is 16.6. The van der Waals surface area contributed by atoms with Crippen LogP contribution in [0.4, 0.5) is 22.7 Å². The molecule has 2 heterocycles. The molecule has 0 bridgehead atoms. The minimum absolute atomic E-state index is 0.00460. The minimum Gasteiger partial charge on any atom is -0.494 e. The van der Waals surface area contributed by atoms with Crippen molar-refractivity contribution in [2.24, 2.45) is 0 Å². The van der Waals surface area contributed by atoms with E-state index in [-0.39, 0.29) is 50.9 Å². The van der Waals surface area contributed by atoms with Crippen LogP contribution in [0.25, 0.3) is 22.3 Å². The van der Waals surface area contributed by atoms with Gasteiger partial charge in [0.15, 0.2) is 11.5 Å². The molecule has 5 aromatic rings. The summed E-state index contributed by atoms with van der Waals surface area (Å²) in [6, 6.07) is 25.6. The zero-order chi connectivity index (χ0) is 33.9. The van der Waals surface area contributed by atoms with Gasteiger partial charge in [-0.3, -0.25) is 19.2 Å². The predicted octanol–water partition coefficient (Wildman–Crippen LogP) is 5.81. The van der Waals surface area contributed by atoms with Crippen LogP contribution >= 0.6 is 0 Å². The molecule has 0 aromatic heterocycles. The maximum absolute atomic E-state index is 14.0. The van der Waals surface area contributed by atoms with Gasteiger partial charge in [0, 0.05) is 17.4 Å². The molecule has 7 rings (SSSR count). The molecule has 4 N–H and O–H groups in total. The lowest BCUT2D eigenvalue weighted by atomic mass is 10.00. The van der Waals surface area contributed by atoms with Crippen LogP contribution < -0.4 is 35.5 Å². The molecule has 0 radical (unpaired) electrons. The number of amides is 4. The van der Waals surface area contributed by atoms with E-state index in [0.29, 0.717) is 16.9 Å². The lowest BCUT2D eigenvalue weighted by molar-refractivity contribution is 0.0907. The van der Waals surface area contributed by atoms with Crippen molar-refractivity contribution in [3.05, 3.63) is 113 Å². The maximum Gasteiger partial charge on any atom is 0.266 e. The molecule has 0 atom stereocenters. The van der Waals surface area contributed by atoms with Crippen LogP contribution in [0.1, 0.15) is 41.4 Å². The molecule has 0 saturated heterocycles. The van der Waals surface area contributed by atoms with Crippen molar-refractivity contribution in [3.8, 4) is 39.5 Å². The molecule has 48 heavy (non-hydrogen) atoms. The van der Waals surface area contributed by atoms with Crippen LogP contribution in [-0.2, 0) is 0 Å². The summed E-state index contributed by atoms with van der Waals surface area (Å²) in [5, 5.41) is 0. The first-order chi connectivity index (χ1) is 23.2. The Morgan fingerprint density at radius 3 is 1.33 bits per heavy atom. The smallest absolute Gasteiger partial charge is 0.266 e. The second kappa shape index (κ2) is 11.3. The predicted molar refractivity (Wildman–Crippen MR) is 181 cm³/mol. The lowest BCUT2D eigenvalue weighted by Gasteiger charge is -2.26. The Morgan fingerprint density at radius 2 is 0.875 bits per heavy atom. The van der Waals surface area contributed by atoms with E-state index in [2.05, 4.69) is 0 Å². The van der Waals surface area contributed by atoms with E-state index in [4.69, 9.17) is 25.7 Å². The molecule has 11 heteroatoms. The van der Waals surface area contributed by atoms with Crippen LogP contribution in [0.5, 0.6) is 17.2 Å². The molecule has 4 amide bonds. The number of nitrogens with two attached hydrogens (primary N) is 2. The first-order valence-electron chi connectivity index (χ1n) is 14.8. The quantitative estimate of drug-likeness (QED) is 0.166. The second-order valence-corrected chi connectivity index (χ2v) is 11.2. The van der Waals surface area contributed by atoms with Gasteiger partial charge in [0.2, 0.25) is 0 Å². The molecular weight excluding hydrogens is 612 g/mol. The fourth-order valence-corrected chi connectivity index (χ4v) is 6.13. The third-order valence-corrected chi connectivity index (χ3v) is 8.51. The van der Waals surface area contributed by atoms with Crippen LogP contribution in [0, 0.1) is 0 Å². The molecule has 2 aliphatic heterocycles. The standard InChI is InChI=1S/C37H28N4O7/c1-46-30-18-29(40-34(42)25-14-8-21(16-27(25)36(40)44)19-4-10-23(38)11-5-19)32(47-2)33(48-3)31(30)41-35(43)26-15-9-22(17-28(26)37(41)45)20-6-12-24(39)13-7-20/h4-18H,38-39H2,1-3H3. The number of nitrogen functional groups attached to an aromatic ring is 2. The van der Waals surface area contributed by atoms with E-state index in [0.717, 1.165) is 26.5 Å². The second-order valence-electron chi connectivity index (χ2n) is 11.2. The SMILES string of the molecule is COc1cc(N2C(=O)c3ccc(-c4ccc(N)cc4)cc3C2=O)c(OC)c(OC)c1N1C(=O)c2ccc(-c3ccc(N)cc3)cc2C1=O. The summed E-state index contributed by atoms with van der Waals surface area (Å²) in [6.45, 7) is 0. The van der Waals surface area contributed by atoms with E-state index < -0.39 is 23.6 Å². The summed E-state index contributed by atoms with van der Waals surface area (Å²) in [6.07, 6.45) is 0. The van der Waals surface area contributed by atoms with Gasteiger partial charge in [-0.25, -0.2) is 9.80 Å². The maximum atomic E-state index is 14.0. The summed E-state index contributed by atoms with van der Waals surface area (Å²) in [4.78, 5) is 57.3. The van der Waals surface area contributed by atoms with Gasteiger partial charge in [0.05, 0.1) is 43.6 Å². The lowest BCUT2D eigenvalue weighted by Crippen LogP contribution is -2.32. The Balaban J connectivity index is 1.31. The van der Waals surface area contributed by atoms with Crippen LogP contribution in [0.3, 0.4) is 0 Å². The average molecular weight is 641 g/mol. The van der Waals surface area contributed by atoms with Crippen molar-refractivity contribution < 1.29 is 33.4 Å². The summed E-state index contributed by atoms with van der Waals surface area (Å²) >= 11 is 0. The summed E-state index contributed by atoms with van der Waals surface area (Å²) < 4.78 is 17.1. The zero-order valence-corrected chi connectivity index (χ0v) is 26.1. The van der Waals surface area contributed by atoms with E-state index in [1.807, 2.05) is 24.3 Å². The molecular formula is C37H28N4O7. The minimum atomic E-state index is -0.616. The third-order valence-electron chi connectivity index (χ3n) is 8.51. The fraction of sp³-hybridized carbons (Fsp3) is 0.0811. The summed E-state index contributed by atoms with van der Waals surface area (Å²) in [7, 11) is 3.99. The molecule has 0 fully saturated rings. The van der Waals surface area contributed by atoms with Gasteiger partial charge in [0.1, 0.15) is 17.1 Å². The first kappa shape index (κ1) is 30.1. The molecule has 2 aliphatic rings. The van der Waals surface area contributed by atoms with Gasteiger partial charge in [-0.2, -0.15) is 0 Å². The van der Waals surface area contributed by atoms with Crippen molar-refractivity contribution >= 4 is 46.4 Å². The van der Waals surface area contributed by atoms with Crippen LogP contribution in [0.2, 0.25) is 0 Å². The van der Waals surface area contributed by atoms with Crippen LogP contribution in [-0.4, -0.2) is 45.0 Å². The van der Waals surface area contributed by atoms with Crippen molar-refractivity contribution in [1.29, 1.82) is 0 Å². The number of hydrogen-bond acceptors (Lipinski definition) is 9. The molecule has 0 aliphatic carbocycles. The topological polar surface area (TPSA) is 154 Å². The van der Waals surface area contributed by atoms with E-state index in [1.54, 1.807) is 60.7 Å². The number of carbonyl (C=O) groups is 4. The number of benzene rings is 5. The number of anilines is 4. The van der Waals surface area contributed by atoms with E-state index in [9.17, 15) is 19.2 Å². The fourth-order valence-electron chi connectivity index (χ4n) is 6.13. The molecule has 0 spiro atoms. The van der Waals surface area contributed by atoms with E-state index in [1.165, 1.54) is 27.4 Å². The monoisotopic (exact) mass is 640 g/mol. The number of imide groups is 2. The highest BCUT2D eigenvalue weighted by atomic mass is 16.5. The molecule has 238 valence electrons. The highest BCUT2D eigenvalue weighted by Crippen LogP contribution is 2.53. The Morgan fingerprint density at radius 1 is 0.458 bits per heavy atom. The molecule has 11 nitrogen and oxygen atoms in total. The Labute approximate surface area is 274 Å². The number of fused-ring (bicyclic) bond motifs is 2. The van der Waals surface area contributed by atoms with Crippen molar-refractivity contribution in [2.75, 3.05) is 42.6 Å². The number of nitrogens with zero attached hydrogens (tertiary/aromatic N) is 2. The van der Waals surface area contributed by atoms with Crippen molar-refractivity contribution in [1.82, 2.24) is 0 Å². The van der Waals surface area contributed by atoms with Gasteiger partial charge in [0.25, 0.3) is 23.6 Å². The van der Waals surface area contributed by atoms with Gasteiger partial charge in [-0.05, 0) is 70.8 Å². The van der Waals surface area contributed by atoms with Crippen molar-refractivity contribution in [3.63, 3.8) is 0 Å². The highest BCUT2D eigenvalue weighted by molar-refractivity contribution is 6.37. The largest absolute Gasteiger partial charge is 0.494 e. The van der Waals surface area contributed by atoms with Gasteiger partial charge in [-0.1, -0.05) is 36.4 Å². The van der Waals surface area contributed by atoms with Gasteiger partial charge in [-0.15, -0.1) is 0 Å². The number of methoxy groups -OCH3 is 3. The Hall–Kier alpha value is -6.62. The summed E-state index contributed by atoms with van der Waals surface area (Å²) in [5.74, 6) is -2.56. The average Bonchev–Trinajstić information content (AvgIpc) is 3.50. The molecule has 5 aromatic carbocycles. The first-order valence-corrected chi connectivity index (χ1v) is 14.8. The Kier molecular flexibility index (Phi) is 7.09. The number of ether oxygens (including phenoxy) is 3. The number of carbonyl (C=O) groups excluding carboxylic acids is 4. The number of hydrogen-bond donors (Lipinski definition) is 2. The van der Waals surface area contributed by atoms with Crippen LogP contribution in [0.15, 0.2) is 91.0 Å². The normalized spacial score (nSPS) is 13.6. The molecule has 0 unspecified atom stereocenters. The van der Waals surface area contributed by atoms with E-state index >= 15 is 0 Å². The highest BCUT2D eigenvalue weighted by Gasteiger charge is 2.44.